The minimum absolute atomic E-state index is 0.570. The van der Waals surface area contributed by atoms with Gasteiger partial charge in [-0.05, 0) is 86.3 Å². The molecule has 0 amide bonds. The van der Waals surface area contributed by atoms with Crippen LogP contribution in [0, 0.1) is 0 Å². The molecule has 0 aliphatic rings. The van der Waals surface area contributed by atoms with E-state index in [4.69, 9.17) is 19.9 Å². The summed E-state index contributed by atoms with van der Waals surface area (Å²) in [4.78, 5) is 0. The van der Waals surface area contributed by atoms with Crippen LogP contribution in [0.2, 0.25) is 0 Å². The van der Waals surface area contributed by atoms with Gasteiger partial charge in [-0.25, -0.2) is 0 Å². The molecule has 26 heavy (non-hydrogen) atoms. The van der Waals surface area contributed by atoms with Gasteiger partial charge in [0.2, 0.25) is 0 Å². The Kier molecular flexibility index (Phi) is 7.49. The molecule has 138 valence electrons. The van der Waals surface area contributed by atoms with Crippen molar-refractivity contribution in [2.45, 2.75) is 26.7 Å². The molecule has 2 rings (SSSR count). The molecule has 0 aliphatic heterocycles. The summed E-state index contributed by atoms with van der Waals surface area (Å²) < 4.78 is 11.4. The van der Waals surface area contributed by atoms with Crippen molar-refractivity contribution in [1.29, 1.82) is 0 Å². The van der Waals surface area contributed by atoms with Crippen molar-refractivity contribution in [1.82, 2.24) is 0 Å². The predicted octanol–water partition coefficient (Wildman–Crippen LogP) is 4.32. The molecule has 0 spiro atoms. The van der Waals surface area contributed by atoms with Crippen LogP contribution in [0.1, 0.15) is 37.8 Å². The smallest absolute Gasteiger partial charge is 0.119 e. The van der Waals surface area contributed by atoms with Crippen molar-refractivity contribution in [3.63, 3.8) is 0 Å². The molecule has 0 bridgehead atoms. The summed E-state index contributed by atoms with van der Waals surface area (Å²) in [5, 5.41) is 23.8. The average Bonchev–Trinajstić information content (AvgIpc) is 2.70. The summed E-state index contributed by atoms with van der Waals surface area (Å²) in [7, 11) is 0. The van der Waals surface area contributed by atoms with Gasteiger partial charge in [-0.3, -0.25) is 0 Å². The summed E-state index contributed by atoms with van der Waals surface area (Å²) in [5.41, 5.74) is 2.86. The number of ether oxygens (including phenoxy) is 2. The summed E-state index contributed by atoms with van der Waals surface area (Å²) >= 11 is 0. The van der Waals surface area contributed by atoms with Gasteiger partial charge in [0.15, 0.2) is 0 Å². The molecule has 0 aliphatic carbocycles. The largest absolute Gasteiger partial charge is 0.494 e. The Morgan fingerprint density at radius 1 is 0.692 bits per heavy atom. The van der Waals surface area contributed by atoms with E-state index in [1.807, 2.05) is 48.5 Å². The zero-order chi connectivity index (χ0) is 18.8. The van der Waals surface area contributed by atoms with Crippen molar-refractivity contribution in [2.75, 3.05) is 13.2 Å². The van der Waals surface area contributed by atoms with E-state index in [2.05, 4.69) is 10.3 Å². The maximum Gasteiger partial charge on any atom is 0.119 e. The average molecular weight is 356 g/mol. The van der Waals surface area contributed by atoms with Crippen LogP contribution in [0.15, 0.2) is 58.8 Å². The van der Waals surface area contributed by atoms with Gasteiger partial charge in [-0.1, -0.05) is 10.3 Å². The first kappa shape index (κ1) is 19.3. The Bertz CT molecular complexity index is 672. The second-order valence-electron chi connectivity index (χ2n) is 5.82. The molecular formula is C20H24N2O4. The number of hydrogen-bond donors (Lipinski definition) is 2. The van der Waals surface area contributed by atoms with E-state index in [-0.39, 0.29) is 0 Å². The van der Waals surface area contributed by atoms with E-state index in [1.54, 1.807) is 13.8 Å². The van der Waals surface area contributed by atoms with E-state index < -0.39 is 0 Å². The lowest BCUT2D eigenvalue weighted by Crippen LogP contribution is -2.03. The monoisotopic (exact) mass is 356 g/mol. The molecule has 0 radical (unpaired) electrons. The first-order valence-corrected chi connectivity index (χ1v) is 8.48. The Morgan fingerprint density at radius 2 is 1.04 bits per heavy atom. The fraction of sp³-hybridized carbons (Fsp3) is 0.300. The quantitative estimate of drug-likeness (QED) is 0.303. The number of benzene rings is 2. The second kappa shape index (κ2) is 10.1. The van der Waals surface area contributed by atoms with Crippen LogP contribution in [-0.4, -0.2) is 35.1 Å². The van der Waals surface area contributed by atoms with Crippen LogP contribution in [0.25, 0.3) is 0 Å². The Hall–Kier alpha value is -3.02. The number of unbranched alkanes of at least 4 members (excludes halogenated alkanes) is 1. The highest BCUT2D eigenvalue weighted by molar-refractivity contribution is 5.98. The van der Waals surface area contributed by atoms with E-state index in [9.17, 15) is 0 Å². The molecule has 2 aromatic rings. The van der Waals surface area contributed by atoms with Gasteiger partial charge in [-0.2, -0.15) is 0 Å². The minimum Gasteiger partial charge on any atom is -0.494 e. The van der Waals surface area contributed by atoms with Gasteiger partial charge in [0, 0.05) is 0 Å². The third kappa shape index (κ3) is 5.81. The summed E-state index contributed by atoms with van der Waals surface area (Å²) in [6.45, 7) is 4.71. The lowest BCUT2D eigenvalue weighted by molar-refractivity contribution is 0.266. The van der Waals surface area contributed by atoms with Crippen LogP contribution < -0.4 is 9.47 Å². The fourth-order valence-electron chi connectivity index (χ4n) is 2.28. The zero-order valence-corrected chi connectivity index (χ0v) is 15.1. The summed E-state index contributed by atoms with van der Waals surface area (Å²) in [6.07, 6.45) is 1.76. The summed E-state index contributed by atoms with van der Waals surface area (Å²) in [6, 6.07) is 14.9. The van der Waals surface area contributed by atoms with Crippen LogP contribution in [0.4, 0.5) is 0 Å². The molecule has 2 N–H and O–H groups in total. The minimum atomic E-state index is 0.570. The number of oxime groups is 2. The van der Waals surface area contributed by atoms with Crippen LogP contribution in [0.5, 0.6) is 11.5 Å². The molecule has 0 saturated carbocycles. The number of hydrogen-bond acceptors (Lipinski definition) is 6. The van der Waals surface area contributed by atoms with Gasteiger partial charge < -0.3 is 19.9 Å². The first-order valence-electron chi connectivity index (χ1n) is 8.48. The molecule has 6 nitrogen and oxygen atoms in total. The van der Waals surface area contributed by atoms with Crippen LogP contribution >= 0.6 is 0 Å². The lowest BCUT2D eigenvalue weighted by atomic mass is 10.1. The van der Waals surface area contributed by atoms with Crippen molar-refractivity contribution in [3.05, 3.63) is 59.7 Å². The topological polar surface area (TPSA) is 83.6 Å². The molecular weight excluding hydrogens is 332 g/mol. The number of nitrogens with zero attached hydrogens (tertiary/aromatic N) is 2. The Labute approximate surface area is 153 Å². The Morgan fingerprint density at radius 3 is 1.35 bits per heavy atom. The van der Waals surface area contributed by atoms with Gasteiger partial charge in [0.25, 0.3) is 0 Å². The molecule has 0 fully saturated rings. The molecule has 0 saturated heterocycles. The predicted molar refractivity (Wildman–Crippen MR) is 101 cm³/mol. The van der Waals surface area contributed by atoms with Gasteiger partial charge in [0.1, 0.15) is 11.5 Å². The van der Waals surface area contributed by atoms with Crippen molar-refractivity contribution in [2.24, 2.45) is 10.3 Å². The maximum atomic E-state index is 8.74. The van der Waals surface area contributed by atoms with Crippen LogP contribution in [-0.2, 0) is 0 Å². The van der Waals surface area contributed by atoms with Crippen LogP contribution in [0.3, 0.4) is 0 Å². The molecule has 0 aromatic heterocycles. The second-order valence-corrected chi connectivity index (χ2v) is 5.82. The molecule has 6 heteroatoms. The highest BCUT2D eigenvalue weighted by atomic mass is 16.5. The molecule has 0 heterocycles. The highest BCUT2D eigenvalue weighted by Crippen LogP contribution is 2.15. The fourth-order valence-corrected chi connectivity index (χ4v) is 2.28. The molecule has 0 unspecified atom stereocenters. The van der Waals surface area contributed by atoms with Gasteiger partial charge in [0.05, 0.1) is 24.6 Å². The summed E-state index contributed by atoms with van der Waals surface area (Å²) in [5.74, 6) is 1.58. The maximum absolute atomic E-state index is 8.74. The Balaban J connectivity index is 1.65. The van der Waals surface area contributed by atoms with Gasteiger partial charge >= 0.3 is 0 Å². The van der Waals surface area contributed by atoms with Crippen molar-refractivity contribution >= 4 is 11.4 Å². The third-order valence-electron chi connectivity index (χ3n) is 3.92. The van der Waals surface area contributed by atoms with E-state index in [1.165, 1.54) is 0 Å². The van der Waals surface area contributed by atoms with E-state index in [0.717, 1.165) is 35.5 Å². The van der Waals surface area contributed by atoms with E-state index >= 15 is 0 Å². The third-order valence-corrected chi connectivity index (χ3v) is 3.92. The standard InChI is InChI=1S/C20H24N2O4/c1-15(21-23)17-5-9-19(10-6-17)25-13-3-4-14-26-20-11-7-18(8-12-20)16(2)22-24/h5-12,23-24H,3-4,13-14H2,1-2H3/b21-15-,22-16-. The molecule has 0 atom stereocenters. The number of rotatable bonds is 9. The van der Waals surface area contributed by atoms with Crippen molar-refractivity contribution < 1.29 is 19.9 Å². The zero-order valence-electron chi connectivity index (χ0n) is 15.1. The highest BCUT2D eigenvalue weighted by Gasteiger charge is 2.01. The normalized spacial score (nSPS) is 12.1. The van der Waals surface area contributed by atoms with Gasteiger partial charge in [-0.15, -0.1) is 0 Å². The van der Waals surface area contributed by atoms with E-state index in [0.29, 0.717) is 24.6 Å². The first-order chi connectivity index (χ1) is 12.6. The lowest BCUT2D eigenvalue weighted by Gasteiger charge is -2.09. The molecule has 2 aromatic carbocycles. The van der Waals surface area contributed by atoms with Crippen molar-refractivity contribution in [3.8, 4) is 11.5 Å². The SMILES string of the molecule is C/C(=N/O)c1ccc(OCCCCOc2ccc(/C(C)=N\O)cc2)cc1.